The van der Waals surface area contributed by atoms with Crippen molar-refractivity contribution < 1.29 is 9.72 Å². The molecule has 0 unspecified atom stereocenters. The zero-order chi connectivity index (χ0) is 14.6. The molecule has 0 radical (unpaired) electrons. The first-order valence-electron chi connectivity index (χ1n) is 4.71. The molecule has 0 saturated heterocycles. The van der Waals surface area contributed by atoms with Crippen LogP contribution < -0.4 is 11.1 Å². The number of anilines is 1. The number of benzene rings is 1. The molecule has 0 heterocycles. The summed E-state index contributed by atoms with van der Waals surface area (Å²) in [5, 5.41) is 19.7. The van der Waals surface area contributed by atoms with Gasteiger partial charge in [-0.2, -0.15) is 0 Å². The predicted molar refractivity (Wildman–Crippen MR) is 83.4 cm³/mol. The number of non-ortho nitro benzene ring substituents is 1. The van der Waals surface area contributed by atoms with Gasteiger partial charge in [0, 0.05) is 12.1 Å². The summed E-state index contributed by atoms with van der Waals surface area (Å²) in [7, 11) is 0. The summed E-state index contributed by atoms with van der Waals surface area (Å²) >= 11 is 12.4. The Kier molecular flexibility index (Phi) is 7.66. The summed E-state index contributed by atoms with van der Waals surface area (Å²) in [6.07, 6.45) is 0. The van der Waals surface area contributed by atoms with Gasteiger partial charge in [-0.1, -0.05) is 35.0 Å². The zero-order valence-corrected chi connectivity index (χ0v) is 12.8. The lowest BCUT2D eigenvalue weighted by Crippen LogP contribution is -2.17. The second kappa shape index (κ2) is 8.15. The van der Waals surface area contributed by atoms with Crippen LogP contribution in [0.25, 0.3) is 0 Å². The van der Waals surface area contributed by atoms with Gasteiger partial charge in [-0.3, -0.25) is 20.3 Å². The summed E-state index contributed by atoms with van der Waals surface area (Å²) in [5.41, 5.74) is 4.90. The van der Waals surface area contributed by atoms with Gasteiger partial charge in [0.2, 0.25) is 5.91 Å². The van der Waals surface area contributed by atoms with Crippen LogP contribution in [0.3, 0.4) is 0 Å². The SMILES string of the molecule is Cl.N=C(N)SCC(=O)Nc1c(Cl)cc([N+](=O)[O-])cc1Cl. The van der Waals surface area contributed by atoms with Gasteiger partial charge in [0.15, 0.2) is 5.17 Å². The molecule has 0 aliphatic carbocycles. The Morgan fingerprint density at radius 2 is 1.95 bits per heavy atom. The van der Waals surface area contributed by atoms with Gasteiger partial charge >= 0.3 is 0 Å². The van der Waals surface area contributed by atoms with Crippen LogP contribution in [0.4, 0.5) is 11.4 Å². The quantitative estimate of drug-likeness (QED) is 0.330. The second-order valence-corrected chi connectivity index (χ2v) is 5.07. The van der Waals surface area contributed by atoms with Crippen molar-refractivity contribution in [2.75, 3.05) is 11.1 Å². The number of hydrogen-bond donors (Lipinski definition) is 3. The van der Waals surface area contributed by atoms with Gasteiger partial charge in [-0.15, -0.1) is 12.4 Å². The predicted octanol–water partition coefficient (Wildman–Crippen LogP) is 2.89. The molecule has 11 heteroatoms. The van der Waals surface area contributed by atoms with Crippen molar-refractivity contribution in [1.29, 1.82) is 5.41 Å². The number of nitrogens with one attached hydrogen (secondary N) is 2. The van der Waals surface area contributed by atoms with Gasteiger partial charge in [0.25, 0.3) is 5.69 Å². The van der Waals surface area contributed by atoms with E-state index >= 15 is 0 Å². The fourth-order valence-electron chi connectivity index (χ4n) is 1.10. The molecule has 0 atom stereocenters. The van der Waals surface area contributed by atoms with E-state index in [1.807, 2.05) is 0 Å². The van der Waals surface area contributed by atoms with Crippen LogP contribution in [0, 0.1) is 15.5 Å². The molecule has 7 nitrogen and oxygen atoms in total. The molecule has 0 bridgehead atoms. The molecule has 110 valence electrons. The van der Waals surface area contributed by atoms with Gasteiger partial charge in [0.05, 0.1) is 26.4 Å². The minimum absolute atomic E-state index is 0. The van der Waals surface area contributed by atoms with Crippen molar-refractivity contribution in [3.63, 3.8) is 0 Å². The number of amides is 1. The molecular formula is C9H9Cl3N4O3S. The lowest BCUT2D eigenvalue weighted by atomic mass is 10.3. The van der Waals surface area contributed by atoms with Gasteiger partial charge in [-0.05, 0) is 0 Å². The number of nitrogens with two attached hydrogens (primary N) is 1. The lowest BCUT2D eigenvalue weighted by Gasteiger charge is -2.08. The second-order valence-electron chi connectivity index (χ2n) is 3.24. The smallest absolute Gasteiger partial charge is 0.272 e. The topological polar surface area (TPSA) is 122 Å². The number of nitrogens with zero attached hydrogens (tertiary/aromatic N) is 1. The Morgan fingerprint density at radius 3 is 2.35 bits per heavy atom. The Bertz CT molecular complexity index is 532. The molecule has 0 spiro atoms. The van der Waals surface area contributed by atoms with Crippen LogP contribution in [0.5, 0.6) is 0 Å². The summed E-state index contributed by atoms with van der Waals surface area (Å²) in [4.78, 5) is 21.4. The van der Waals surface area contributed by atoms with Crippen LogP contribution in [-0.4, -0.2) is 21.8 Å². The van der Waals surface area contributed by atoms with Gasteiger partial charge in [-0.25, -0.2) is 0 Å². The summed E-state index contributed by atoms with van der Waals surface area (Å²) < 4.78 is 0. The highest BCUT2D eigenvalue weighted by Gasteiger charge is 2.16. The third-order valence-electron chi connectivity index (χ3n) is 1.86. The van der Waals surface area contributed by atoms with E-state index in [0.717, 1.165) is 23.9 Å². The maximum atomic E-state index is 11.5. The first-order chi connectivity index (χ1) is 8.81. The fourth-order valence-corrected chi connectivity index (χ4v) is 2.03. The highest BCUT2D eigenvalue weighted by molar-refractivity contribution is 8.14. The third kappa shape index (κ3) is 5.41. The first kappa shape index (κ1) is 18.8. The number of thioether (sulfide) groups is 1. The number of halogens is 3. The number of nitro groups is 1. The third-order valence-corrected chi connectivity index (χ3v) is 3.17. The molecule has 20 heavy (non-hydrogen) atoms. The van der Waals surface area contributed by atoms with Crippen LogP contribution in [0.1, 0.15) is 0 Å². The van der Waals surface area contributed by atoms with E-state index < -0.39 is 10.8 Å². The van der Waals surface area contributed by atoms with E-state index in [2.05, 4.69) is 5.32 Å². The van der Waals surface area contributed by atoms with Crippen molar-refractivity contribution >= 4 is 69.8 Å². The van der Waals surface area contributed by atoms with Gasteiger partial charge < -0.3 is 11.1 Å². The Labute approximate surface area is 134 Å². The number of hydrogen-bond acceptors (Lipinski definition) is 5. The van der Waals surface area contributed by atoms with E-state index in [4.69, 9.17) is 34.3 Å². The molecule has 0 aliphatic rings. The minimum Gasteiger partial charge on any atom is -0.379 e. The van der Waals surface area contributed by atoms with Crippen LogP contribution in [0.15, 0.2) is 12.1 Å². The fraction of sp³-hybridized carbons (Fsp3) is 0.111. The minimum atomic E-state index is -0.644. The van der Waals surface area contributed by atoms with Crippen LogP contribution in [0.2, 0.25) is 10.0 Å². The van der Waals surface area contributed by atoms with Crippen molar-refractivity contribution in [2.24, 2.45) is 5.73 Å². The molecule has 1 rings (SSSR count). The van der Waals surface area contributed by atoms with E-state index in [-0.39, 0.29) is 44.7 Å². The number of rotatable bonds is 4. The van der Waals surface area contributed by atoms with Crippen LogP contribution >= 0.6 is 47.4 Å². The van der Waals surface area contributed by atoms with E-state index in [1.54, 1.807) is 0 Å². The highest BCUT2D eigenvalue weighted by Crippen LogP contribution is 2.34. The number of amidine groups is 1. The standard InChI is InChI=1S/C9H8Cl2N4O3S.ClH/c10-5-1-4(15(17)18)2-6(11)8(5)14-7(16)3-19-9(12)13;/h1-2H,3H2,(H3,12,13)(H,14,16);1H. The van der Waals surface area contributed by atoms with Crippen molar-refractivity contribution in [3.8, 4) is 0 Å². The number of nitro benzene ring substituents is 1. The molecular weight excluding hydrogens is 351 g/mol. The molecule has 0 aromatic heterocycles. The summed E-state index contributed by atoms with van der Waals surface area (Å²) in [6, 6.07) is 2.17. The maximum Gasteiger partial charge on any atom is 0.272 e. The Morgan fingerprint density at radius 1 is 1.45 bits per heavy atom. The molecule has 0 fully saturated rings. The van der Waals surface area contributed by atoms with Crippen molar-refractivity contribution in [2.45, 2.75) is 0 Å². The van der Waals surface area contributed by atoms with E-state index in [0.29, 0.717) is 0 Å². The van der Waals surface area contributed by atoms with E-state index in [9.17, 15) is 14.9 Å². The average molecular weight is 360 g/mol. The lowest BCUT2D eigenvalue weighted by molar-refractivity contribution is -0.384. The Hall–Kier alpha value is -1.22. The largest absolute Gasteiger partial charge is 0.379 e. The normalized spacial score (nSPS) is 9.50. The molecule has 1 aromatic carbocycles. The summed E-state index contributed by atoms with van der Waals surface area (Å²) in [5.74, 6) is -0.559. The molecule has 4 N–H and O–H groups in total. The number of carbonyl (C=O) groups is 1. The van der Waals surface area contributed by atoms with Crippen LogP contribution in [-0.2, 0) is 4.79 Å². The van der Waals surface area contributed by atoms with Gasteiger partial charge in [0.1, 0.15) is 0 Å². The van der Waals surface area contributed by atoms with E-state index in [1.165, 1.54) is 0 Å². The first-order valence-corrected chi connectivity index (χ1v) is 6.45. The Balaban J connectivity index is 0.00000361. The molecule has 1 amide bonds. The zero-order valence-electron chi connectivity index (χ0n) is 9.68. The maximum absolute atomic E-state index is 11.5. The monoisotopic (exact) mass is 358 g/mol. The van der Waals surface area contributed by atoms with Crippen molar-refractivity contribution in [1.82, 2.24) is 0 Å². The average Bonchev–Trinajstić information content (AvgIpc) is 2.30. The molecule has 1 aromatic rings. The molecule has 0 aliphatic heterocycles. The highest BCUT2D eigenvalue weighted by atomic mass is 35.5. The number of carbonyl (C=O) groups excluding carboxylic acids is 1. The van der Waals surface area contributed by atoms with Crippen molar-refractivity contribution in [3.05, 3.63) is 32.3 Å². The summed E-state index contributed by atoms with van der Waals surface area (Å²) in [6.45, 7) is 0. The molecule has 0 saturated carbocycles.